The van der Waals surface area contributed by atoms with Gasteiger partial charge in [0.15, 0.2) is 5.92 Å². The number of carboxylic acid groups (broad SMARTS) is 1. The van der Waals surface area contributed by atoms with Gasteiger partial charge in [-0.15, -0.1) is 11.3 Å². The van der Waals surface area contributed by atoms with Gasteiger partial charge in [-0.2, -0.15) is 13.2 Å². The van der Waals surface area contributed by atoms with Crippen LogP contribution in [-0.2, 0) is 4.79 Å². The van der Waals surface area contributed by atoms with E-state index in [4.69, 9.17) is 5.11 Å². The molecule has 0 aliphatic carbocycles. The van der Waals surface area contributed by atoms with Crippen LogP contribution in [0.3, 0.4) is 0 Å². The zero-order chi connectivity index (χ0) is 14.0. The van der Waals surface area contributed by atoms with Gasteiger partial charge < -0.3 is 10.4 Å². The number of fused-ring (bicyclic) bond motifs is 1. The fourth-order valence-electron chi connectivity index (χ4n) is 1.53. The Morgan fingerprint density at radius 2 is 2.21 bits per heavy atom. The lowest BCUT2D eigenvalue weighted by Gasteiger charge is -2.17. The van der Waals surface area contributed by atoms with E-state index in [1.165, 1.54) is 11.3 Å². The molecule has 2 aromatic rings. The number of rotatable bonds is 4. The van der Waals surface area contributed by atoms with E-state index in [1.807, 2.05) is 0 Å². The lowest BCUT2D eigenvalue weighted by Crippen LogP contribution is -2.36. The lowest BCUT2D eigenvalue weighted by atomic mass is 10.1. The Morgan fingerprint density at radius 3 is 2.84 bits per heavy atom. The fourth-order valence-corrected chi connectivity index (χ4v) is 2.24. The van der Waals surface area contributed by atoms with E-state index in [9.17, 15) is 18.0 Å². The number of hydrogen-bond acceptors (Lipinski definition) is 4. The number of alkyl halides is 3. The van der Waals surface area contributed by atoms with Gasteiger partial charge in [-0.05, 0) is 18.2 Å². The van der Waals surface area contributed by atoms with Crippen molar-refractivity contribution in [3.8, 4) is 0 Å². The van der Waals surface area contributed by atoms with Crippen LogP contribution < -0.4 is 5.32 Å². The van der Waals surface area contributed by atoms with Crippen molar-refractivity contribution in [2.24, 2.45) is 5.92 Å². The summed E-state index contributed by atoms with van der Waals surface area (Å²) in [6.45, 7) is -0.705. The molecule has 0 amide bonds. The second-order valence-corrected chi connectivity index (χ2v) is 4.73. The maximum Gasteiger partial charge on any atom is 0.403 e. The summed E-state index contributed by atoms with van der Waals surface area (Å²) in [5.41, 5.74) is 2.82. The smallest absolute Gasteiger partial charge is 0.403 e. The third kappa shape index (κ3) is 3.14. The Labute approximate surface area is 109 Å². The molecule has 0 fully saturated rings. The van der Waals surface area contributed by atoms with Crippen molar-refractivity contribution in [2.45, 2.75) is 6.18 Å². The van der Waals surface area contributed by atoms with Gasteiger partial charge in [0.2, 0.25) is 0 Å². The van der Waals surface area contributed by atoms with Crippen LogP contribution >= 0.6 is 11.3 Å². The highest BCUT2D eigenvalue weighted by Gasteiger charge is 2.44. The van der Waals surface area contributed by atoms with Gasteiger partial charge in [0.05, 0.1) is 15.7 Å². The summed E-state index contributed by atoms with van der Waals surface area (Å²) in [6.07, 6.45) is -4.77. The maximum absolute atomic E-state index is 12.4. The third-order valence-electron chi connectivity index (χ3n) is 2.53. The van der Waals surface area contributed by atoms with Gasteiger partial charge >= 0.3 is 12.1 Å². The molecule has 1 unspecified atom stereocenters. The summed E-state index contributed by atoms with van der Waals surface area (Å²) in [7, 11) is 0. The normalized spacial score (nSPS) is 13.4. The highest BCUT2D eigenvalue weighted by molar-refractivity contribution is 7.16. The number of carboxylic acids is 1. The zero-order valence-electron chi connectivity index (χ0n) is 9.44. The molecule has 1 atom stereocenters. The molecule has 0 bridgehead atoms. The number of halogens is 3. The first-order valence-electron chi connectivity index (χ1n) is 5.24. The van der Waals surface area contributed by atoms with Crippen LogP contribution in [0.15, 0.2) is 23.7 Å². The molecule has 0 aliphatic rings. The van der Waals surface area contributed by atoms with Crippen molar-refractivity contribution in [1.29, 1.82) is 0 Å². The summed E-state index contributed by atoms with van der Waals surface area (Å²) in [5.74, 6) is -4.32. The maximum atomic E-state index is 12.4. The van der Waals surface area contributed by atoms with Crippen LogP contribution in [0.1, 0.15) is 0 Å². The summed E-state index contributed by atoms with van der Waals surface area (Å²) in [6, 6.07) is 4.87. The minimum Gasteiger partial charge on any atom is -0.481 e. The predicted molar refractivity (Wildman–Crippen MR) is 65.3 cm³/mol. The first-order chi connectivity index (χ1) is 8.88. The Morgan fingerprint density at radius 1 is 1.47 bits per heavy atom. The van der Waals surface area contributed by atoms with Crippen molar-refractivity contribution < 1.29 is 23.1 Å². The average molecular weight is 290 g/mol. The highest BCUT2D eigenvalue weighted by atomic mass is 32.1. The molecule has 2 N–H and O–H groups in total. The van der Waals surface area contributed by atoms with E-state index < -0.39 is 24.6 Å². The van der Waals surface area contributed by atoms with Gasteiger partial charge in [0.1, 0.15) is 0 Å². The molecule has 0 saturated heterocycles. The van der Waals surface area contributed by atoms with Crippen LogP contribution in [0.5, 0.6) is 0 Å². The Hall–Kier alpha value is -1.83. The fraction of sp³-hybridized carbons (Fsp3) is 0.273. The molecule has 4 nitrogen and oxygen atoms in total. The molecule has 102 valence electrons. The summed E-state index contributed by atoms with van der Waals surface area (Å²) < 4.78 is 38.2. The number of aliphatic carboxylic acids is 1. The second-order valence-electron chi connectivity index (χ2n) is 3.85. The van der Waals surface area contributed by atoms with E-state index in [-0.39, 0.29) is 0 Å². The lowest BCUT2D eigenvalue weighted by molar-refractivity contribution is -0.190. The van der Waals surface area contributed by atoms with E-state index in [0.29, 0.717) is 5.69 Å². The largest absolute Gasteiger partial charge is 0.481 e. The number of hydrogen-bond donors (Lipinski definition) is 2. The number of anilines is 1. The van der Waals surface area contributed by atoms with Gasteiger partial charge in [0.25, 0.3) is 0 Å². The molecule has 0 saturated carbocycles. The predicted octanol–water partition coefficient (Wildman–Crippen LogP) is 2.97. The van der Waals surface area contributed by atoms with E-state index in [2.05, 4.69) is 10.3 Å². The Balaban J connectivity index is 2.10. The molecule has 0 aliphatic heterocycles. The topological polar surface area (TPSA) is 62.2 Å². The van der Waals surface area contributed by atoms with E-state index in [1.54, 1.807) is 23.7 Å². The van der Waals surface area contributed by atoms with Gasteiger partial charge in [0, 0.05) is 12.2 Å². The molecular formula is C11H9F3N2O2S. The second kappa shape index (κ2) is 5.04. The number of nitrogens with zero attached hydrogens (tertiary/aromatic N) is 1. The van der Waals surface area contributed by atoms with E-state index in [0.717, 1.165) is 10.2 Å². The molecule has 1 aromatic carbocycles. The van der Waals surface area contributed by atoms with Crippen molar-refractivity contribution in [3.63, 3.8) is 0 Å². The minimum atomic E-state index is -4.77. The molecule has 2 rings (SSSR count). The van der Waals surface area contributed by atoms with Gasteiger partial charge in [-0.3, -0.25) is 4.79 Å². The van der Waals surface area contributed by atoms with Crippen molar-refractivity contribution in [1.82, 2.24) is 4.98 Å². The Bertz CT molecular complexity index is 597. The molecule has 1 aromatic heterocycles. The molecule has 0 radical (unpaired) electrons. The van der Waals surface area contributed by atoms with Crippen LogP contribution in [-0.4, -0.2) is 28.8 Å². The van der Waals surface area contributed by atoms with Gasteiger partial charge in [-0.1, -0.05) is 0 Å². The average Bonchev–Trinajstić information content (AvgIpc) is 2.73. The number of aromatic nitrogens is 1. The number of benzene rings is 1. The molecular weight excluding hydrogens is 281 g/mol. The Kier molecular flexibility index (Phi) is 3.61. The number of thiazole rings is 1. The zero-order valence-corrected chi connectivity index (χ0v) is 10.3. The summed E-state index contributed by atoms with van der Waals surface area (Å²) >= 11 is 1.36. The highest BCUT2D eigenvalue weighted by Crippen LogP contribution is 2.27. The molecule has 8 heteroatoms. The van der Waals surface area contributed by atoms with Crippen LogP contribution in [0.25, 0.3) is 10.2 Å². The SMILES string of the molecule is O=C(O)C(CNc1ccc2ncsc2c1)C(F)(F)F. The van der Waals surface area contributed by atoms with Crippen molar-refractivity contribution >= 4 is 33.2 Å². The molecule has 19 heavy (non-hydrogen) atoms. The van der Waals surface area contributed by atoms with Crippen molar-refractivity contribution in [3.05, 3.63) is 23.7 Å². The van der Waals surface area contributed by atoms with E-state index >= 15 is 0 Å². The van der Waals surface area contributed by atoms with Crippen LogP contribution in [0, 0.1) is 5.92 Å². The molecule has 0 spiro atoms. The number of nitrogens with one attached hydrogen (secondary N) is 1. The first-order valence-corrected chi connectivity index (χ1v) is 6.12. The van der Waals surface area contributed by atoms with Crippen molar-refractivity contribution in [2.75, 3.05) is 11.9 Å². The summed E-state index contributed by atoms with van der Waals surface area (Å²) in [5, 5.41) is 11.1. The van der Waals surface area contributed by atoms with Crippen LogP contribution in [0.2, 0.25) is 0 Å². The van der Waals surface area contributed by atoms with Crippen LogP contribution in [0.4, 0.5) is 18.9 Å². The number of carbonyl (C=O) groups is 1. The quantitative estimate of drug-likeness (QED) is 0.908. The third-order valence-corrected chi connectivity index (χ3v) is 3.33. The van der Waals surface area contributed by atoms with Gasteiger partial charge in [-0.25, -0.2) is 4.98 Å². The minimum absolute atomic E-state index is 0.437. The monoisotopic (exact) mass is 290 g/mol. The molecule has 1 heterocycles. The standard InChI is InChI=1S/C11H9F3N2O2S/c12-11(13,14)7(10(17)18)4-15-6-1-2-8-9(3-6)19-5-16-8/h1-3,5,7,15H,4H2,(H,17,18). The summed E-state index contributed by atoms with van der Waals surface area (Å²) in [4.78, 5) is 14.6. The first kappa shape index (κ1) is 13.6.